The lowest BCUT2D eigenvalue weighted by Gasteiger charge is -2.05. The third-order valence-electron chi connectivity index (χ3n) is 2.00. The van der Waals surface area contributed by atoms with Crippen molar-refractivity contribution in [1.29, 1.82) is 0 Å². The molecule has 0 atom stereocenters. The van der Waals surface area contributed by atoms with Crippen LogP contribution in [0.15, 0.2) is 46.9 Å². The fraction of sp³-hybridized carbons (Fsp3) is 0. The van der Waals surface area contributed by atoms with E-state index in [2.05, 4.69) is 22.0 Å². The van der Waals surface area contributed by atoms with Gasteiger partial charge in [-0.3, -0.25) is 0 Å². The Bertz CT molecular complexity index is 437. The normalized spacial score (nSPS) is 10.1. The van der Waals surface area contributed by atoms with E-state index in [1.807, 2.05) is 30.3 Å². The zero-order valence-corrected chi connectivity index (χ0v) is 8.95. The van der Waals surface area contributed by atoms with E-state index < -0.39 is 0 Å². The second-order valence-corrected chi connectivity index (χ2v) is 3.79. The predicted octanol–water partition coefficient (Wildman–Crippen LogP) is 3.62. The molecule has 0 heterocycles. The molecule has 1 radical (unpaired) electrons. The summed E-state index contributed by atoms with van der Waals surface area (Å²) >= 11 is 3.26. The highest BCUT2D eigenvalue weighted by atomic mass is 79.9. The molecule has 0 unspecified atom stereocenters. The lowest BCUT2D eigenvalue weighted by molar-refractivity contribution is 0.474. The molecule has 2 rings (SSSR count). The van der Waals surface area contributed by atoms with Crippen molar-refractivity contribution in [2.45, 2.75) is 0 Å². The lowest BCUT2D eigenvalue weighted by atomic mass is 10.1. The van der Waals surface area contributed by atoms with Crippen molar-refractivity contribution >= 4 is 15.9 Å². The molecule has 0 saturated carbocycles. The molecule has 0 spiro atoms. The standard InChI is InChI=1S/C12H8BrO/c13-11-8-4-7-10(12(11)14)9-5-2-1-3-6-9/h1-3,5-8,14H. The van der Waals surface area contributed by atoms with E-state index in [-0.39, 0.29) is 5.75 Å². The molecule has 0 fully saturated rings. The van der Waals surface area contributed by atoms with Gasteiger partial charge in [-0.1, -0.05) is 30.3 Å². The molecule has 0 aromatic heterocycles. The molecule has 2 aromatic rings. The minimum atomic E-state index is 0.259. The van der Waals surface area contributed by atoms with Crippen molar-refractivity contribution in [2.75, 3.05) is 0 Å². The van der Waals surface area contributed by atoms with Crippen LogP contribution in [0, 0.1) is 6.07 Å². The summed E-state index contributed by atoms with van der Waals surface area (Å²) < 4.78 is 0.666. The van der Waals surface area contributed by atoms with Gasteiger partial charge in [0.2, 0.25) is 0 Å². The Morgan fingerprint density at radius 2 is 1.79 bits per heavy atom. The third kappa shape index (κ3) is 1.66. The van der Waals surface area contributed by atoms with E-state index in [0.717, 1.165) is 11.1 Å². The summed E-state index contributed by atoms with van der Waals surface area (Å²) in [4.78, 5) is 0. The number of phenols is 1. The summed E-state index contributed by atoms with van der Waals surface area (Å²) in [6.07, 6.45) is 0. The summed E-state index contributed by atoms with van der Waals surface area (Å²) in [7, 11) is 0. The largest absolute Gasteiger partial charge is 0.506 e. The van der Waals surface area contributed by atoms with Gasteiger partial charge in [0.05, 0.1) is 4.47 Å². The number of aromatic hydroxyl groups is 1. The molecule has 69 valence electrons. The molecule has 0 aliphatic heterocycles. The Morgan fingerprint density at radius 1 is 1.07 bits per heavy atom. The summed E-state index contributed by atoms with van der Waals surface area (Å²) in [5.74, 6) is 0.259. The molecule has 0 saturated heterocycles. The minimum absolute atomic E-state index is 0.259. The number of hydrogen-bond donors (Lipinski definition) is 1. The van der Waals surface area contributed by atoms with Gasteiger partial charge in [-0.2, -0.15) is 0 Å². The topological polar surface area (TPSA) is 20.2 Å². The van der Waals surface area contributed by atoms with Crippen LogP contribution in [0.2, 0.25) is 0 Å². The van der Waals surface area contributed by atoms with E-state index >= 15 is 0 Å². The number of hydrogen-bond acceptors (Lipinski definition) is 1. The number of benzene rings is 2. The highest BCUT2D eigenvalue weighted by Gasteiger charge is 2.05. The van der Waals surface area contributed by atoms with Crippen molar-refractivity contribution in [2.24, 2.45) is 0 Å². The Labute approximate surface area is 91.2 Å². The Morgan fingerprint density at radius 3 is 2.50 bits per heavy atom. The van der Waals surface area contributed by atoms with E-state index in [9.17, 15) is 5.11 Å². The van der Waals surface area contributed by atoms with Gasteiger partial charge in [0.25, 0.3) is 0 Å². The first-order chi connectivity index (χ1) is 6.79. The van der Waals surface area contributed by atoms with Crippen LogP contribution in [0.25, 0.3) is 11.1 Å². The zero-order chi connectivity index (χ0) is 9.97. The van der Waals surface area contributed by atoms with Crippen LogP contribution in [0.4, 0.5) is 0 Å². The fourth-order valence-corrected chi connectivity index (χ4v) is 1.65. The third-order valence-corrected chi connectivity index (χ3v) is 2.61. The molecular formula is C12H8BrO. The van der Waals surface area contributed by atoms with E-state index in [1.54, 1.807) is 12.1 Å². The van der Waals surface area contributed by atoms with Crippen LogP contribution in [0.5, 0.6) is 5.75 Å². The smallest absolute Gasteiger partial charge is 0.137 e. The van der Waals surface area contributed by atoms with E-state index in [0.29, 0.717) is 4.47 Å². The van der Waals surface area contributed by atoms with Gasteiger partial charge in [-0.15, -0.1) is 0 Å². The SMILES string of the molecule is Oc1c(Br)c[c]cc1-c1ccccc1. The molecule has 2 heteroatoms. The highest BCUT2D eigenvalue weighted by molar-refractivity contribution is 9.10. The van der Waals surface area contributed by atoms with Gasteiger partial charge in [0.1, 0.15) is 5.75 Å². The zero-order valence-electron chi connectivity index (χ0n) is 7.37. The van der Waals surface area contributed by atoms with Crippen LogP contribution in [-0.2, 0) is 0 Å². The van der Waals surface area contributed by atoms with Crippen LogP contribution < -0.4 is 0 Å². The van der Waals surface area contributed by atoms with Gasteiger partial charge >= 0.3 is 0 Å². The van der Waals surface area contributed by atoms with Crippen molar-refractivity contribution in [3.8, 4) is 16.9 Å². The number of halogens is 1. The maximum atomic E-state index is 9.78. The highest BCUT2D eigenvalue weighted by Crippen LogP contribution is 2.34. The van der Waals surface area contributed by atoms with Crippen molar-refractivity contribution in [3.05, 3.63) is 53.0 Å². The van der Waals surface area contributed by atoms with Crippen LogP contribution in [0.1, 0.15) is 0 Å². The molecule has 1 nitrogen and oxygen atoms in total. The first kappa shape index (κ1) is 9.28. The van der Waals surface area contributed by atoms with Crippen molar-refractivity contribution in [1.82, 2.24) is 0 Å². The molecule has 0 aliphatic rings. The van der Waals surface area contributed by atoms with E-state index in [1.165, 1.54) is 0 Å². The van der Waals surface area contributed by atoms with Gasteiger partial charge in [0.15, 0.2) is 0 Å². The first-order valence-corrected chi connectivity index (χ1v) is 5.02. The maximum absolute atomic E-state index is 9.78. The minimum Gasteiger partial charge on any atom is -0.506 e. The van der Waals surface area contributed by atoms with Crippen LogP contribution in [0.3, 0.4) is 0 Å². The Hall–Kier alpha value is -1.28. The summed E-state index contributed by atoms with van der Waals surface area (Å²) in [6.45, 7) is 0. The average molecular weight is 248 g/mol. The second-order valence-electron chi connectivity index (χ2n) is 2.93. The Kier molecular flexibility index (Phi) is 2.55. The molecule has 0 amide bonds. The first-order valence-electron chi connectivity index (χ1n) is 4.23. The molecular weight excluding hydrogens is 240 g/mol. The van der Waals surface area contributed by atoms with Crippen LogP contribution in [-0.4, -0.2) is 5.11 Å². The van der Waals surface area contributed by atoms with Crippen molar-refractivity contribution < 1.29 is 5.11 Å². The maximum Gasteiger partial charge on any atom is 0.137 e. The average Bonchev–Trinajstić information content (AvgIpc) is 2.23. The molecule has 14 heavy (non-hydrogen) atoms. The lowest BCUT2D eigenvalue weighted by Crippen LogP contribution is -1.79. The monoisotopic (exact) mass is 247 g/mol. The predicted molar refractivity (Wildman–Crippen MR) is 60.1 cm³/mol. The second kappa shape index (κ2) is 3.84. The molecule has 0 bridgehead atoms. The number of rotatable bonds is 1. The molecule has 2 aromatic carbocycles. The summed E-state index contributed by atoms with van der Waals surface area (Å²) in [5, 5.41) is 9.78. The van der Waals surface area contributed by atoms with Gasteiger partial charge in [0, 0.05) is 5.56 Å². The quantitative estimate of drug-likeness (QED) is 0.817. The molecule has 0 aliphatic carbocycles. The van der Waals surface area contributed by atoms with Gasteiger partial charge in [-0.05, 0) is 39.7 Å². The van der Waals surface area contributed by atoms with Crippen LogP contribution >= 0.6 is 15.9 Å². The number of phenolic OH excluding ortho intramolecular Hbond substituents is 1. The Balaban J connectivity index is 2.58. The molecule has 1 N–H and O–H groups in total. The van der Waals surface area contributed by atoms with E-state index in [4.69, 9.17) is 0 Å². The fourth-order valence-electron chi connectivity index (χ4n) is 1.30. The van der Waals surface area contributed by atoms with Gasteiger partial charge in [-0.25, -0.2) is 0 Å². The summed E-state index contributed by atoms with van der Waals surface area (Å²) in [5.41, 5.74) is 1.78. The van der Waals surface area contributed by atoms with Crippen molar-refractivity contribution in [3.63, 3.8) is 0 Å². The van der Waals surface area contributed by atoms with Gasteiger partial charge < -0.3 is 5.11 Å². The summed E-state index contributed by atoms with van der Waals surface area (Å²) in [6, 6.07) is 16.2.